The maximum absolute atomic E-state index is 13.1. The highest BCUT2D eigenvalue weighted by Crippen LogP contribution is 2.37. The third-order valence-electron chi connectivity index (χ3n) is 4.02. The first kappa shape index (κ1) is 15.6. The molecule has 1 aliphatic rings. The maximum atomic E-state index is 13.1. The van der Waals surface area contributed by atoms with Crippen LogP contribution in [-0.4, -0.2) is 27.4 Å². The first-order valence-corrected chi connectivity index (χ1v) is 8.82. The van der Waals surface area contributed by atoms with Crippen molar-refractivity contribution in [2.75, 3.05) is 16.3 Å². The van der Waals surface area contributed by atoms with Gasteiger partial charge in [-0.25, -0.2) is 8.42 Å². The highest BCUT2D eigenvalue weighted by atomic mass is 32.2. The molecular formula is C17H18N2O3S. The molecule has 2 aromatic rings. The number of rotatable bonds is 2. The second-order valence-corrected chi connectivity index (χ2v) is 7.42. The van der Waals surface area contributed by atoms with E-state index in [1.807, 2.05) is 0 Å². The predicted molar refractivity (Wildman–Crippen MR) is 90.0 cm³/mol. The lowest BCUT2D eigenvalue weighted by Gasteiger charge is -2.29. The van der Waals surface area contributed by atoms with E-state index in [0.29, 0.717) is 11.4 Å². The minimum atomic E-state index is -3.74. The fourth-order valence-corrected chi connectivity index (χ4v) is 4.54. The number of para-hydroxylation sites is 2. The van der Waals surface area contributed by atoms with Gasteiger partial charge in [-0.05, 0) is 31.2 Å². The van der Waals surface area contributed by atoms with Crippen LogP contribution in [0.5, 0.6) is 0 Å². The van der Waals surface area contributed by atoms with E-state index in [2.05, 4.69) is 0 Å². The van der Waals surface area contributed by atoms with Gasteiger partial charge in [-0.3, -0.25) is 9.10 Å². The van der Waals surface area contributed by atoms with Crippen LogP contribution in [0.2, 0.25) is 0 Å². The van der Waals surface area contributed by atoms with Crippen molar-refractivity contribution in [2.45, 2.75) is 24.3 Å². The molecule has 0 fully saturated rings. The van der Waals surface area contributed by atoms with Crippen LogP contribution in [0, 0.1) is 0 Å². The smallest absolute Gasteiger partial charge is 0.264 e. The number of hydrogen-bond acceptors (Lipinski definition) is 3. The molecule has 0 bridgehead atoms. The maximum Gasteiger partial charge on any atom is 0.264 e. The number of sulfonamides is 1. The average molecular weight is 330 g/mol. The second kappa shape index (κ2) is 5.70. The van der Waals surface area contributed by atoms with Gasteiger partial charge in [0.2, 0.25) is 5.91 Å². The fourth-order valence-electron chi connectivity index (χ4n) is 2.85. The summed E-state index contributed by atoms with van der Waals surface area (Å²) in [7, 11) is -2.07. The standard InChI is InChI=1S/C17H18N2O3S/c1-13-12-17(20)18(2)15-10-6-7-11-16(15)19(13)23(21,22)14-8-4-3-5-9-14/h3-11,13H,12H2,1-2H3/t13-/m1/s1. The number of nitrogens with zero attached hydrogens (tertiary/aromatic N) is 2. The number of benzene rings is 2. The van der Waals surface area contributed by atoms with Gasteiger partial charge in [-0.2, -0.15) is 0 Å². The molecule has 120 valence electrons. The molecule has 23 heavy (non-hydrogen) atoms. The van der Waals surface area contributed by atoms with Gasteiger partial charge < -0.3 is 4.90 Å². The first-order valence-electron chi connectivity index (χ1n) is 7.38. The zero-order valence-corrected chi connectivity index (χ0v) is 13.8. The Balaban J connectivity index is 2.22. The Labute approximate surface area is 136 Å². The third-order valence-corrected chi connectivity index (χ3v) is 5.97. The minimum absolute atomic E-state index is 0.101. The number of carbonyl (C=O) groups is 1. The molecule has 3 rings (SSSR count). The topological polar surface area (TPSA) is 57.7 Å². The molecule has 0 saturated heterocycles. The molecule has 1 heterocycles. The number of carbonyl (C=O) groups excluding carboxylic acids is 1. The van der Waals surface area contributed by atoms with E-state index in [1.165, 1.54) is 9.21 Å². The largest absolute Gasteiger partial charge is 0.313 e. The summed E-state index contributed by atoms with van der Waals surface area (Å²) in [5, 5.41) is 0. The lowest BCUT2D eigenvalue weighted by molar-refractivity contribution is -0.118. The monoisotopic (exact) mass is 330 g/mol. The van der Waals surface area contributed by atoms with Crippen molar-refractivity contribution in [3.05, 3.63) is 54.6 Å². The van der Waals surface area contributed by atoms with Crippen molar-refractivity contribution in [3.8, 4) is 0 Å². The summed E-state index contributed by atoms with van der Waals surface area (Å²) >= 11 is 0. The molecule has 0 saturated carbocycles. The third kappa shape index (κ3) is 2.59. The van der Waals surface area contributed by atoms with Crippen LogP contribution in [0.15, 0.2) is 59.5 Å². The quantitative estimate of drug-likeness (QED) is 0.850. The van der Waals surface area contributed by atoms with Gasteiger partial charge in [0.1, 0.15) is 0 Å². The van der Waals surface area contributed by atoms with Gasteiger partial charge in [0, 0.05) is 13.5 Å². The summed E-state index contributed by atoms with van der Waals surface area (Å²) in [6, 6.07) is 14.9. The highest BCUT2D eigenvalue weighted by Gasteiger charge is 2.36. The van der Waals surface area contributed by atoms with Gasteiger partial charge in [-0.1, -0.05) is 30.3 Å². The molecule has 0 N–H and O–H groups in total. The lowest BCUT2D eigenvalue weighted by atomic mass is 10.2. The van der Waals surface area contributed by atoms with E-state index >= 15 is 0 Å². The average Bonchev–Trinajstić information content (AvgIpc) is 2.64. The Bertz CT molecular complexity index is 834. The number of fused-ring (bicyclic) bond motifs is 1. The number of hydrogen-bond donors (Lipinski definition) is 0. The molecule has 0 unspecified atom stereocenters. The van der Waals surface area contributed by atoms with Gasteiger partial charge in [0.05, 0.1) is 22.3 Å². The predicted octanol–water partition coefficient (Wildman–Crippen LogP) is 2.64. The van der Waals surface area contributed by atoms with Crippen LogP contribution >= 0.6 is 0 Å². The molecule has 0 aromatic heterocycles. The number of amides is 1. The highest BCUT2D eigenvalue weighted by molar-refractivity contribution is 7.92. The summed E-state index contributed by atoms with van der Waals surface area (Å²) in [5.41, 5.74) is 1.12. The zero-order chi connectivity index (χ0) is 16.6. The molecule has 1 atom stereocenters. The van der Waals surface area contributed by atoms with Crippen LogP contribution in [0.1, 0.15) is 13.3 Å². The molecular weight excluding hydrogens is 312 g/mol. The van der Waals surface area contributed by atoms with Crippen molar-refractivity contribution in [3.63, 3.8) is 0 Å². The van der Waals surface area contributed by atoms with Gasteiger partial charge >= 0.3 is 0 Å². The molecule has 6 heteroatoms. The molecule has 5 nitrogen and oxygen atoms in total. The second-order valence-electron chi connectivity index (χ2n) is 5.61. The summed E-state index contributed by atoms with van der Waals surface area (Å²) in [6.07, 6.45) is 0.136. The Morgan fingerprint density at radius 1 is 0.957 bits per heavy atom. The molecule has 0 aliphatic carbocycles. The summed E-state index contributed by atoms with van der Waals surface area (Å²) in [4.78, 5) is 14.0. The lowest BCUT2D eigenvalue weighted by Crippen LogP contribution is -2.39. The van der Waals surface area contributed by atoms with Crippen LogP contribution in [0.25, 0.3) is 0 Å². The van der Waals surface area contributed by atoms with Gasteiger partial charge in [-0.15, -0.1) is 0 Å². The first-order chi connectivity index (χ1) is 10.9. The van der Waals surface area contributed by atoms with E-state index in [9.17, 15) is 13.2 Å². The Morgan fingerprint density at radius 2 is 1.52 bits per heavy atom. The van der Waals surface area contributed by atoms with Crippen LogP contribution < -0.4 is 9.21 Å². The minimum Gasteiger partial charge on any atom is -0.313 e. The van der Waals surface area contributed by atoms with Gasteiger partial charge in [0.25, 0.3) is 10.0 Å². The van der Waals surface area contributed by atoms with Crippen LogP contribution in [-0.2, 0) is 14.8 Å². The summed E-state index contributed by atoms with van der Waals surface area (Å²) in [5.74, 6) is -0.101. The van der Waals surface area contributed by atoms with Crippen molar-refractivity contribution in [1.82, 2.24) is 0 Å². The Kier molecular flexibility index (Phi) is 3.85. The Hall–Kier alpha value is -2.34. The van der Waals surface area contributed by atoms with E-state index in [4.69, 9.17) is 0 Å². The van der Waals surface area contributed by atoms with E-state index in [-0.39, 0.29) is 17.2 Å². The van der Waals surface area contributed by atoms with E-state index in [0.717, 1.165) is 0 Å². The van der Waals surface area contributed by atoms with Crippen molar-refractivity contribution in [2.24, 2.45) is 0 Å². The zero-order valence-electron chi connectivity index (χ0n) is 13.0. The molecule has 1 amide bonds. The Morgan fingerprint density at radius 3 is 2.17 bits per heavy atom. The molecule has 2 aromatic carbocycles. The van der Waals surface area contributed by atoms with Crippen LogP contribution in [0.4, 0.5) is 11.4 Å². The van der Waals surface area contributed by atoms with E-state index in [1.54, 1.807) is 68.6 Å². The summed E-state index contributed by atoms with van der Waals surface area (Å²) < 4.78 is 27.6. The van der Waals surface area contributed by atoms with E-state index < -0.39 is 16.1 Å². The van der Waals surface area contributed by atoms with Crippen molar-refractivity contribution < 1.29 is 13.2 Å². The fraction of sp³-hybridized carbons (Fsp3) is 0.235. The normalized spacial score (nSPS) is 18.5. The molecule has 0 radical (unpaired) electrons. The van der Waals surface area contributed by atoms with Crippen LogP contribution in [0.3, 0.4) is 0 Å². The molecule has 1 aliphatic heterocycles. The van der Waals surface area contributed by atoms with Crippen molar-refractivity contribution >= 4 is 27.3 Å². The molecule has 0 spiro atoms. The van der Waals surface area contributed by atoms with Crippen molar-refractivity contribution in [1.29, 1.82) is 0 Å². The summed E-state index contributed by atoms with van der Waals surface area (Å²) in [6.45, 7) is 1.76. The van der Waals surface area contributed by atoms with Gasteiger partial charge in [0.15, 0.2) is 0 Å². The number of anilines is 2. The SMILES string of the molecule is C[C@@H]1CC(=O)N(C)c2ccccc2N1S(=O)(=O)c1ccccc1.